The van der Waals surface area contributed by atoms with Crippen molar-refractivity contribution in [1.29, 1.82) is 0 Å². The molecule has 0 fully saturated rings. The number of amides is 2. The van der Waals surface area contributed by atoms with Gasteiger partial charge in [-0.1, -0.05) is 12.1 Å². The fourth-order valence-corrected chi connectivity index (χ4v) is 2.06. The highest BCUT2D eigenvalue weighted by atomic mass is 19.1. The number of carbonyl (C=O) groups is 1. The number of nitrogens with two attached hydrogens (primary N) is 1. The largest absolute Gasteiger partial charge is 0.385 e. The van der Waals surface area contributed by atoms with Gasteiger partial charge in [-0.25, -0.2) is 9.18 Å². The molecule has 1 aromatic rings. The van der Waals surface area contributed by atoms with E-state index in [1.165, 1.54) is 17.0 Å². The van der Waals surface area contributed by atoms with E-state index in [-0.39, 0.29) is 11.7 Å². The van der Waals surface area contributed by atoms with Gasteiger partial charge in [-0.2, -0.15) is 4.99 Å². The minimum Gasteiger partial charge on any atom is -0.385 e. The zero-order valence-electron chi connectivity index (χ0n) is 10.1. The summed E-state index contributed by atoms with van der Waals surface area (Å²) < 4.78 is 13.3. The van der Waals surface area contributed by atoms with Crippen LogP contribution in [0, 0.1) is 12.7 Å². The third-order valence-electron chi connectivity index (χ3n) is 2.92. The molecule has 4 nitrogen and oxygen atoms in total. The number of benzene rings is 1. The van der Waals surface area contributed by atoms with Crippen molar-refractivity contribution in [3.63, 3.8) is 0 Å². The van der Waals surface area contributed by atoms with Crippen LogP contribution < -0.4 is 5.73 Å². The van der Waals surface area contributed by atoms with Crippen molar-refractivity contribution >= 4 is 11.9 Å². The maximum Gasteiger partial charge on any atom is 0.346 e. The Morgan fingerprint density at radius 2 is 2.33 bits per heavy atom. The Labute approximate surface area is 105 Å². The predicted octanol–water partition coefficient (Wildman–Crippen LogP) is 2.15. The van der Waals surface area contributed by atoms with Crippen LogP contribution >= 0.6 is 0 Å². The molecular weight excluding hydrogens is 233 g/mol. The molecule has 2 N–H and O–H groups in total. The lowest BCUT2D eigenvalue weighted by Gasteiger charge is -2.24. The Morgan fingerprint density at radius 3 is 3.00 bits per heavy atom. The maximum absolute atomic E-state index is 13.3. The molecule has 94 valence electrons. The van der Waals surface area contributed by atoms with Crippen molar-refractivity contribution in [2.45, 2.75) is 13.0 Å². The SMILES string of the molecule is C=CCN1C(=O)N=C(N)C1c1cc(F)ccc1C. The Kier molecular flexibility index (Phi) is 3.14. The highest BCUT2D eigenvalue weighted by Gasteiger charge is 2.34. The predicted molar refractivity (Wildman–Crippen MR) is 67.8 cm³/mol. The summed E-state index contributed by atoms with van der Waals surface area (Å²) in [4.78, 5) is 16.9. The molecule has 0 saturated heterocycles. The van der Waals surface area contributed by atoms with Gasteiger partial charge >= 0.3 is 6.03 Å². The number of rotatable bonds is 3. The van der Waals surface area contributed by atoms with E-state index in [4.69, 9.17) is 5.73 Å². The van der Waals surface area contributed by atoms with E-state index in [1.807, 2.05) is 6.92 Å². The second kappa shape index (κ2) is 4.60. The molecule has 1 heterocycles. The lowest BCUT2D eigenvalue weighted by Crippen LogP contribution is -2.34. The minimum atomic E-state index is -0.508. The summed E-state index contributed by atoms with van der Waals surface area (Å²) in [5.74, 6) is -0.170. The van der Waals surface area contributed by atoms with Crippen LogP contribution in [0.25, 0.3) is 0 Å². The monoisotopic (exact) mass is 247 g/mol. The molecule has 1 aromatic carbocycles. The van der Waals surface area contributed by atoms with E-state index in [2.05, 4.69) is 11.6 Å². The topological polar surface area (TPSA) is 58.7 Å². The number of hydrogen-bond acceptors (Lipinski definition) is 2. The van der Waals surface area contributed by atoms with Gasteiger partial charge in [-0.3, -0.25) is 0 Å². The molecule has 5 heteroatoms. The van der Waals surface area contributed by atoms with E-state index < -0.39 is 12.1 Å². The van der Waals surface area contributed by atoms with E-state index >= 15 is 0 Å². The molecule has 0 radical (unpaired) electrons. The molecular formula is C13H14FN3O. The first-order chi connectivity index (χ1) is 8.54. The molecule has 1 atom stereocenters. The zero-order valence-corrected chi connectivity index (χ0v) is 10.1. The molecule has 0 aromatic heterocycles. The quantitative estimate of drug-likeness (QED) is 0.832. The molecule has 0 spiro atoms. The van der Waals surface area contributed by atoms with Crippen LogP contribution in [0.15, 0.2) is 35.8 Å². The Morgan fingerprint density at radius 1 is 1.61 bits per heavy atom. The molecule has 2 rings (SSSR count). The van der Waals surface area contributed by atoms with E-state index in [0.29, 0.717) is 12.1 Å². The number of halogens is 1. The third kappa shape index (κ3) is 1.99. The van der Waals surface area contributed by atoms with Crippen LogP contribution in [-0.4, -0.2) is 23.3 Å². The maximum atomic E-state index is 13.3. The van der Waals surface area contributed by atoms with Gasteiger partial charge < -0.3 is 10.6 Å². The molecule has 1 unspecified atom stereocenters. The summed E-state index contributed by atoms with van der Waals surface area (Å²) in [5.41, 5.74) is 7.29. The summed E-state index contributed by atoms with van der Waals surface area (Å²) >= 11 is 0. The van der Waals surface area contributed by atoms with Crippen molar-refractivity contribution in [3.05, 3.63) is 47.8 Å². The van der Waals surface area contributed by atoms with Crippen LogP contribution in [0.2, 0.25) is 0 Å². The minimum absolute atomic E-state index is 0.190. The standard InChI is InChI=1S/C13H14FN3O/c1-3-6-17-11(12(15)16-13(17)18)10-7-9(14)5-4-8(10)2/h3-5,7,11H,1,6H2,2H3,(H2,15,16,18). The van der Waals surface area contributed by atoms with Crippen molar-refractivity contribution in [2.24, 2.45) is 10.7 Å². The van der Waals surface area contributed by atoms with E-state index in [9.17, 15) is 9.18 Å². The number of aliphatic imine (C=N–C) groups is 1. The number of nitrogens with zero attached hydrogens (tertiary/aromatic N) is 2. The van der Waals surface area contributed by atoms with Gasteiger partial charge in [0.1, 0.15) is 17.7 Å². The Hall–Kier alpha value is -2.17. The van der Waals surface area contributed by atoms with Gasteiger partial charge in [0.25, 0.3) is 0 Å². The number of carbonyl (C=O) groups excluding carboxylic acids is 1. The number of aryl methyl sites for hydroxylation is 1. The van der Waals surface area contributed by atoms with Crippen molar-refractivity contribution in [1.82, 2.24) is 4.90 Å². The number of amidine groups is 1. The fourth-order valence-electron chi connectivity index (χ4n) is 2.06. The fraction of sp³-hybridized carbons (Fsp3) is 0.231. The normalized spacial score (nSPS) is 19.0. The molecule has 2 amide bonds. The van der Waals surface area contributed by atoms with Gasteiger partial charge in [-0.15, -0.1) is 6.58 Å². The van der Waals surface area contributed by atoms with Crippen LogP contribution in [-0.2, 0) is 0 Å². The van der Waals surface area contributed by atoms with Crippen LogP contribution in [0.3, 0.4) is 0 Å². The molecule has 1 aliphatic heterocycles. The summed E-state index contributed by atoms with van der Waals surface area (Å²) in [6.45, 7) is 5.76. The number of urea groups is 1. The van der Waals surface area contributed by atoms with Gasteiger partial charge in [0.15, 0.2) is 0 Å². The third-order valence-corrected chi connectivity index (χ3v) is 2.92. The van der Waals surface area contributed by atoms with Crippen LogP contribution in [0.5, 0.6) is 0 Å². The Balaban J connectivity index is 2.47. The van der Waals surface area contributed by atoms with E-state index in [0.717, 1.165) is 5.56 Å². The van der Waals surface area contributed by atoms with Crippen molar-refractivity contribution in [2.75, 3.05) is 6.54 Å². The van der Waals surface area contributed by atoms with Crippen molar-refractivity contribution in [3.8, 4) is 0 Å². The molecule has 0 aliphatic carbocycles. The Bertz CT molecular complexity index is 539. The van der Waals surface area contributed by atoms with Crippen LogP contribution in [0.1, 0.15) is 17.2 Å². The molecule has 0 saturated carbocycles. The number of hydrogen-bond donors (Lipinski definition) is 1. The highest BCUT2D eigenvalue weighted by molar-refractivity contribution is 6.03. The second-order valence-corrected chi connectivity index (χ2v) is 4.16. The van der Waals surface area contributed by atoms with Gasteiger partial charge in [-0.05, 0) is 30.2 Å². The first kappa shape index (κ1) is 12.3. The average Bonchev–Trinajstić information content (AvgIpc) is 2.58. The van der Waals surface area contributed by atoms with Gasteiger partial charge in [0.2, 0.25) is 0 Å². The molecule has 18 heavy (non-hydrogen) atoms. The lowest BCUT2D eigenvalue weighted by atomic mass is 9.99. The first-order valence-electron chi connectivity index (χ1n) is 5.56. The first-order valence-corrected chi connectivity index (χ1v) is 5.56. The molecule has 0 bridgehead atoms. The van der Waals surface area contributed by atoms with Crippen molar-refractivity contribution < 1.29 is 9.18 Å². The average molecular weight is 247 g/mol. The summed E-state index contributed by atoms with van der Waals surface area (Å²) in [5, 5.41) is 0. The smallest absolute Gasteiger partial charge is 0.346 e. The summed E-state index contributed by atoms with van der Waals surface area (Å²) in [7, 11) is 0. The second-order valence-electron chi connectivity index (χ2n) is 4.16. The van der Waals surface area contributed by atoms with E-state index in [1.54, 1.807) is 12.1 Å². The highest BCUT2D eigenvalue weighted by Crippen LogP contribution is 2.29. The zero-order chi connectivity index (χ0) is 13.3. The van der Waals surface area contributed by atoms with Crippen LogP contribution in [0.4, 0.5) is 9.18 Å². The van der Waals surface area contributed by atoms with Gasteiger partial charge in [0.05, 0.1) is 0 Å². The lowest BCUT2D eigenvalue weighted by molar-refractivity contribution is 0.212. The molecule has 1 aliphatic rings. The summed E-state index contributed by atoms with van der Waals surface area (Å²) in [6.07, 6.45) is 1.59. The summed E-state index contributed by atoms with van der Waals surface area (Å²) in [6, 6.07) is 3.50. The van der Waals surface area contributed by atoms with Gasteiger partial charge in [0, 0.05) is 6.54 Å².